The van der Waals surface area contributed by atoms with E-state index in [1.165, 1.54) is 11.8 Å². The minimum atomic E-state index is -0.488. The normalized spacial score (nSPS) is 19.8. The molecule has 2 aliphatic rings. The van der Waals surface area contributed by atoms with Crippen LogP contribution in [0.2, 0.25) is 0 Å². The molecular weight excluding hydrogens is 416 g/mol. The highest BCUT2D eigenvalue weighted by Gasteiger charge is 2.37. The second-order valence-electron chi connectivity index (χ2n) is 7.69. The summed E-state index contributed by atoms with van der Waals surface area (Å²) in [5.74, 6) is -0.816. The van der Waals surface area contributed by atoms with E-state index in [1.54, 1.807) is 50.4 Å². The van der Waals surface area contributed by atoms with Crippen LogP contribution in [0.3, 0.4) is 0 Å². The van der Waals surface area contributed by atoms with E-state index in [1.807, 2.05) is 17.2 Å². The Morgan fingerprint density at radius 2 is 1.97 bits per heavy atom. The molecule has 1 aliphatic heterocycles. The van der Waals surface area contributed by atoms with Crippen molar-refractivity contribution in [3.05, 3.63) is 53.8 Å². The number of esters is 1. The molecule has 1 heterocycles. The van der Waals surface area contributed by atoms with Gasteiger partial charge in [-0.15, -0.1) is 11.8 Å². The Kier molecular flexibility index (Phi) is 7.33. The fourth-order valence-electron chi connectivity index (χ4n) is 3.53. The molecule has 1 aromatic rings. The second kappa shape index (κ2) is 9.96. The molecule has 1 aliphatic carbocycles. The summed E-state index contributed by atoms with van der Waals surface area (Å²) in [5, 5.41) is 8.30. The Hall–Kier alpha value is -2.87. The third-order valence-corrected chi connectivity index (χ3v) is 5.73. The molecule has 0 spiro atoms. The summed E-state index contributed by atoms with van der Waals surface area (Å²) < 4.78 is 10.4. The quantitative estimate of drug-likeness (QED) is 0.286. The van der Waals surface area contributed by atoms with Crippen molar-refractivity contribution in [2.45, 2.75) is 20.0 Å². The van der Waals surface area contributed by atoms with Gasteiger partial charge in [-0.3, -0.25) is 15.0 Å². The largest absolute Gasteiger partial charge is 0.482 e. The van der Waals surface area contributed by atoms with Crippen LogP contribution in [0.5, 0.6) is 5.75 Å². The average molecular weight is 443 g/mol. The number of rotatable bonds is 8. The van der Waals surface area contributed by atoms with E-state index >= 15 is 0 Å². The molecule has 1 N–H and O–H groups in total. The van der Waals surface area contributed by atoms with Crippen molar-refractivity contribution in [2.75, 3.05) is 26.0 Å². The zero-order chi connectivity index (χ0) is 22.5. The van der Waals surface area contributed by atoms with Gasteiger partial charge in [-0.2, -0.15) is 0 Å². The van der Waals surface area contributed by atoms with Gasteiger partial charge in [-0.25, -0.2) is 4.79 Å². The fraction of sp³-hybridized carbons (Fsp3) is 0.391. The first kappa shape index (κ1) is 22.8. The van der Waals surface area contributed by atoms with E-state index in [0.29, 0.717) is 22.9 Å². The van der Waals surface area contributed by atoms with Gasteiger partial charge in [0.25, 0.3) is 0 Å². The van der Waals surface area contributed by atoms with Crippen molar-refractivity contribution >= 4 is 34.3 Å². The molecular formula is C23H26N2O5S. The van der Waals surface area contributed by atoms with Crippen molar-refractivity contribution in [1.29, 1.82) is 5.41 Å². The molecule has 0 saturated heterocycles. The van der Waals surface area contributed by atoms with Crippen LogP contribution in [0.15, 0.2) is 48.2 Å². The molecule has 0 radical (unpaired) electrons. The molecule has 7 nitrogen and oxygen atoms in total. The predicted molar refractivity (Wildman–Crippen MR) is 120 cm³/mol. The van der Waals surface area contributed by atoms with E-state index < -0.39 is 11.9 Å². The molecule has 31 heavy (non-hydrogen) atoms. The maximum Gasteiger partial charge on any atom is 0.344 e. The minimum absolute atomic E-state index is 0.0144. The zero-order valence-corrected chi connectivity index (χ0v) is 18.6. The molecule has 0 aromatic heterocycles. The van der Waals surface area contributed by atoms with Crippen molar-refractivity contribution < 1.29 is 23.9 Å². The number of allylic oxidation sites excluding steroid dienone is 2. The molecule has 2 atom stereocenters. The number of fused-ring (bicyclic) bond motifs is 1. The fourth-order valence-corrected chi connectivity index (χ4v) is 3.98. The number of ether oxygens (including phenoxy) is 2. The van der Waals surface area contributed by atoms with Gasteiger partial charge in [0.2, 0.25) is 0 Å². The molecule has 0 amide bonds. The molecule has 0 saturated carbocycles. The number of hydrogen-bond donors (Lipinski definition) is 1. The lowest BCUT2D eigenvalue weighted by Gasteiger charge is -2.23. The number of carbonyl (C=O) groups excluding carboxylic acids is 3. The van der Waals surface area contributed by atoms with Gasteiger partial charge >= 0.3 is 5.97 Å². The van der Waals surface area contributed by atoms with E-state index in [2.05, 4.69) is 0 Å². The highest BCUT2D eigenvalue weighted by atomic mass is 32.2. The monoisotopic (exact) mass is 442 g/mol. The lowest BCUT2D eigenvalue weighted by molar-refractivity contribution is -0.149. The van der Waals surface area contributed by atoms with E-state index in [4.69, 9.17) is 14.9 Å². The Labute approximate surface area is 186 Å². The summed E-state index contributed by atoms with van der Waals surface area (Å²) in [4.78, 5) is 38.8. The smallest absolute Gasteiger partial charge is 0.344 e. The average Bonchev–Trinajstić information content (AvgIpc) is 3.15. The molecule has 8 heteroatoms. The molecule has 2 unspecified atom stereocenters. The summed E-state index contributed by atoms with van der Waals surface area (Å²) in [5.41, 5.74) is 1.41. The highest BCUT2D eigenvalue weighted by Crippen LogP contribution is 2.32. The van der Waals surface area contributed by atoms with Crippen molar-refractivity contribution in [2.24, 2.45) is 11.8 Å². The number of hydrogen-bond acceptors (Lipinski definition) is 8. The number of carbonyl (C=O) groups is 3. The van der Waals surface area contributed by atoms with Gasteiger partial charge in [0.1, 0.15) is 5.75 Å². The SMILES string of the molecule is CSC(=N)C1C=CC2=CN(CC(=O)c3ccc(OCC(=O)OC(C)C)cc3)CC2C1=O. The summed E-state index contributed by atoms with van der Waals surface area (Å²) in [6.07, 6.45) is 7.11. The van der Waals surface area contributed by atoms with Crippen LogP contribution >= 0.6 is 11.8 Å². The van der Waals surface area contributed by atoms with Gasteiger partial charge in [-0.05, 0) is 49.9 Å². The zero-order valence-electron chi connectivity index (χ0n) is 17.8. The first-order chi connectivity index (χ1) is 14.8. The van der Waals surface area contributed by atoms with E-state index in [-0.39, 0.29) is 36.7 Å². The highest BCUT2D eigenvalue weighted by molar-refractivity contribution is 8.13. The van der Waals surface area contributed by atoms with Gasteiger partial charge in [0.05, 0.1) is 29.5 Å². The molecule has 1 aromatic carbocycles. The Morgan fingerprint density at radius 3 is 2.61 bits per heavy atom. The number of nitrogens with one attached hydrogen (secondary N) is 1. The first-order valence-corrected chi connectivity index (χ1v) is 11.3. The maximum atomic E-state index is 12.7. The van der Waals surface area contributed by atoms with Crippen LogP contribution in [-0.2, 0) is 14.3 Å². The standard InChI is InChI=1S/C23H26N2O5S/c1-14(2)30-21(27)13-29-17-7-4-15(5-8-17)20(26)12-25-10-16-6-9-18(23(24)31-3)22(28)19(16)11-25/h4-10,14,18-19,24H,11-13H2,1-3H3. The van der Waals surface area contributed by atoms with Crippen LogP contribution in [0.1, 0.15) is 24.2 Å². The lowest BCUT2D eigenvalue weighted by Crippen LogP contribution is -2.34. The lowest BCUT2D eigenvalue weighted by atomic mass is 9.84. The van der Waals surface area contributed by atoms with Gasteiger partial charge in [0, 0.05) is 18.3 Å². The van der Waals surface area contributed by atoms with Crippen LogP contribution in [0.4, 0.5) is 0 Å². The van der Waals surface area contributed by atoms with E-state index in [0.717, 1.165) is 5.57 Å². The van der Waals surface area contributed by atoms with Crippen LogP contribution in [-0.4, -0.2) is 59.5 Å². The molecule has 3 rings (SSSR count). The summed E-state index contributed by atoms with van der Waals surface area (Å²) >= 11 is 1.27. The number of Topliss-reactive ketones (excluding diaryl/α,β-unsaturated/α-hetero) is 2. The number of nitrogens with zero attached hydrogens (tertiary/aromatic N) is 1. The number of benzene rings is 1. The minimum Gasteiger partial charge on any atom is -0.482 e. The third kappa shape index (κ3) is 5.64. The molecule has 0 bridgehead atoms. The summed E-state index contributed by atoms with van der Waals surface area (Å²) in [7, 11) is 0. The Bertz CT molecular complexity index is 936. The number of thioether (sulfide) groups is 1. The second-order valence-corrected chi connectivity index (χ2v) is 8.54. The Morgan fingerprint density at radius 1 is 1.26 bits per heavy atom. The van der Waals surface area contributed by atoms with Gasteiger partial charge in [-0.1, -0.05) is 12.2 Å². The molecule has 0 fully saturated rings. The first-order valence-electron chi connectivity index (χ1n) is 10.0. The predicted octanol–water partition coefficient (Wildman–Crippen LogP) is 3.11. The molecule has 164 valence electrons. The summed E-state index contributed by atoms with van der Waals surface area (Å²) in [6, 6.07) is 6.59. The van der Waals surface area contributed by atoms with Gasteiger partial charge < -0.3 is 14.4 Å². The van der Waals surface area contributed by atoms with Crippen LogP contribution in [0.25, 0.3) is 0 Å². The van der Waals surface area contributed by atoms with Crippen LogP contribution in [0, 0.1) is 17.2 Å². The maximum absolute atomic E-state index is 12.7. The Balaban J connectivity index is 1.54. The topological polar surface area (TPSA) is 96.8 Å². The number of ketones is 2. The van der Waals surface area contributed by atoms with Crippen molar-refractivity contribution in [1.82, 2.24) is 4.90 Å². The van der Waals surface area contributed by atoms with Crippen molar-refractivity contribution in [3.8, 4) is 5.75 Å². The van der Waals surface area contributed by atoms with E-state index in [9.17, 15) is 14.4 Å². The van der Waals surface area contributed by atoms with Crippen molar-refractivity contribution in [3.63, 3.8) is 0 Å². The van der Waals surface area contributed by atoms with Crippen LogP contribution < -0.4 is 4.74 Å². The third-order valence-electron chi connectivity index (χ3n) is 5.03. The van der Waals surface area contributed by atoms with Gasteiger partial charge in [0.15, 0.2) is 18.2 Å². The summed E-state index contributed by atoms with van der Waals surface area (Å²) in [6.45, 7) is 3.95.